The standard InChI is InChI=1S/C35H42N6O6/c1-23(2)32-35(46)38-24(3)22-47-29-15-8-7-14-27(29)33(44)39-28(34(45)37-18-16-26-13-9-10-17-36-26)19-31(43)41(21-30(42)40-32)20-25-11-5-4-6-12-25/h4-15,17,23-24,28,32H,16,18-22H2,1-3H3,(H,37,45)(H,38,46)(H,39,44)(H,40,42)/t24-,28-,32+/m0/s1. The normalized spacial score (nSPS) is 19.8. The smallest absolute Gasteiger partial charge is 0.255 e. The summed E-state index contributed by atoms with van der Waals surface area (Å²) in [6.07, 6.45) is 1.68. The Bertz CT molecular complexity index is 1530. The molecule has 0 saturated carbocycles. The lowest BCUT2D eigenvalue weighted by atomic mass is 10.0. The first kappa shape index (κ1) is 34.6. The van der Waals surface area contributed by atoms with Crippen LogP contribution in [-0.4, -0.2) is 77.2 Å². The molecule has 3 atom stereocenters. The highest BCUT2D eigenvalue weighted by atomic mass is 16.5. The van der Waals surface area contributed by atoms with Gasteiger partial charge < -0.3 is 30.9 Å². The average Bonchev–Trinajstić information content (AvgIpc) is 3.06. The summed E-state index contributed by atoms with van der Waals surface area (Å²) in [5.74, 6) is -2.67. The van der Waals surface area contributed by atoms with E-state index >= 15 is 0 Å². The molecule has 5 amide bonds. The van der Waals surface area contributed by atoms with Gasteiger partial charge in [-0.3, -0.25) is 29.0 Å². The van der Waals surface area contributed by atoms with Crippen LogP contribution in [-0.2, 0) is 32.1 Å². The second-order valence-electron chi connectivity index (χ2n) is 11.8. The van der Waals surface area contributed by atoms with E-state index in [0.29, 0.717) is 6.42 Å². The Labute approximate surface area is 274 Å². The number of carbonyl (C=O) groups is 5. The number of carbonyl (C=O) groups excluding carboxylic acids is 5. The molecule has 12 nitrogen and oxygen atoms in total. The van der Waals surface area contributed by atoms with Crippen LogP contribution in [0, 0.1) is 5.92 Å². The Morgan fingerprint density at radius 3 is 2.40 bits per heavy atom. The van der Waals surface area contributed by atoms with E-state index in [-0.39, 0.29) is 43.5 Å². The molecular weight excluding hydrogens is 600 g/mol. The molecule has 0 radical (unpaired) electrons. The lowest BCUT2D eigenvalue weighted by Gasteiger charge is -2.27. The van der Waals surface area contributed by atoms with Crippen molar-refractivity contribution in [3.8, 4) is 5.75 Å². The second kappa shape index (κ2) is 16.9. The number of rotatable bonds is 7. The number of hydrogen-bond donors (Lipinski definition) is 4. The number of pyridine rings is 1. The maximum absolute atomic E-state index is 13.9. The third-order valence-electron chi connectivity index (χ3n) is 7.59. The van der Waals surface area contributed by atoms with Gasteiger partial charge in [0.05, 0.1) is 24.6 Å². The van der Waals surface area contributed by atoms with Crippen molar-refractivity contribution in [3.63, 3.8) is 0 Å². The first-order valence-electron chi connectivity index (χ1n) is 15.7. The maximum Gasteiger partial charge on any atom is 0.255 e. The number of hydrogen-bond acceptors (Lipinski definition) is 7. The highest BCUT2D eigenvalue weighted by Crippen LogP contribution is 2.19. The summed E-state index contributed by atoms with van der Waals surface area (Å²) >= 11 is 0. The van der Waals surface area contributed by atoms with E-state index in [0.717, 1.165) is 11.3 Å². The zero-order valence-electron chi connectivity index (χ0n) is 26.9. The molecule has 4 rings (SSSR count). The molecule has 2 heterocycles. The predicted octanol–water partition coefficient (Wildman–Crippen LogP) is 2.00. The Balaban J connectivity index is 1.65. The van der Waals surface area contributed by atoms with Crippen LogP contribution >= 0.6 is 0 Å². The van der Waals surface area contributed by atoms with Crippen molar-refractivity contribution in [2.75, 3.05) is 19.7 Å². The van der Waals surface area contributed by atoms with E-state index in [1.807, 2.05) is 56.3 Å². The topological polar surface area (TPSA) is 159 Å². The van der Waals surface area contributed by atoms with Gasteiger partial charge in [0.25, 0.3) is 5.91 Å². The van der Waals surface area contributed by atoms with E-state index in [9.17, 15) is 24.0 Å². The first-order valence-corrected chi connectivity index (χ1v) is 15.7. The summed E-state index contributed by atoms with van der Waals surface area (Å²) in [5, 5.41) is 11.2. The van der Waals surface area contributed by atoms with Crippen molar-refractivity contribution < 1.29 is 28.7 Å². The maximum atomic E-state index is 13.9. The molecule has 12 heteroatoms. The molecule has 1 aromatic heterocycles. The van der Waals surface area contributed by atoms with Crippen LogP contribution in [0.1, 0.15) is 48.8 Å². The van der Waals surface area contributed by atoms with Gasteiger partial charge in [-0.05, 0) is 42.7 Å². The van der Waals surface area contributed by atoms with E-state index in [4.69, 9.17) is 4.74 Å². The van der Waals surface area contributed by atoms with Crippen LogP contribution < -0.4 is 26.0 Å². The van der Waals surface area contributed by atoms with Crippen molar-refractivity contribution in [3.05, 3.63) is 95.8 Å². The van der Waals surface area contributed by atoms with Gasteiger partial charge in [-0.15, -0.1) is 0 Å². The van der Waals surface area contributed by atoms with Crippen LogP contribution in [0.25, 0.3) is 0 Å². The number of aromatic nitrogens is 1. The number of nitrogens with one attached hydrogen (secondary N) is 4. The highest BCUT2D eigenvalue weighted by molar-refractivity contribution is 6.01. The van der Waals surface area contributed by atoms with Crippen molar-refractivity contribution in [1.29, 1.82) is 0 Å². The fourth-order valence-corrected chi connectivity index (χ4v) is 5.06. The van der Waals surface area contributed by atoms with Gasteiger partial charge in [0.2, 0.25) is 23.6 Å². The van der Waals surface area contributed by atoms with Gasteiger partial charge in [0.15, 0.2) is 0 Å². The zero-order valence-corrected chi connectivity index (χ0v) is 26.9. The second-order valence-corrected chi connectivity index (χ2v) is 11.8. The van der Waals surface area contributed by atoms with Crippen molar-refractivity contribution >= 4 is 29.5 Å². The Kier molecular flexibility index (Phi) is 12.4. The van der Waals surface area contributed by atoms with Gasteiger partial charge >= 0.3 is 0 Å². The van der Waals surface area contributed by atoms with E-state index in [1.165, 1.54) is 4.90 Å². The van der Waals surface area contributed by atoms with Gasteiger partial charge in [-0.2, -0.15) is 0 Å². The number of ether oxygens (including phenoxy) is 1. The third-order valence-corrected chi connectivity index (χ3v) is 7.59. The summed E-state index contributed by atoms with van der Waals surface area (Å²) < 4.78 is 5.93. The molecule has 4 N–H and O–H groups in total. The van der Waals surface area contributed by atoms with Crippen LogP contribution in [0.3, 0.4) is 0 Å². The Morgan fingerprint density at radius 1 is 0.957 bits per heavy atom. The minimum atomic E-state index is -1.27. The minimum Gasteiger partial charge on any atom is -0.491 e. The largest absolute Gasteiger partial charge is 0.491 e. The number of amides is 5. The van der Waals surface area contributed by atoms with Crippen LogP contribution in [0.2, 0.25) is 0 Å². The molecule has 248 valence electrons. The molecule has 1 aliphatic heterocycles. The first-order chi connectivity index (χ1) is 22.6. The average molecular weight is 643 g/mol. The quantitative estimate of drug-likeness (QED) is 0.307. The summed E-state index contributed by atoms with van der Waals surface area (Å²) in [7, 11) is 0. The minimum absolute atomic E-state index is 0.0373. The van der Waals surface area contributed by atoms with Crippen molar-refractivity contribution in [2.24, 2.45) is 5.92 Å². The van der Waals surface area contributed by atoms with Gasteiger partial charge in [0, 0.05) is 31.4 Å². The van der Waals surface area contributed by atoms with E-state index in [1.54, 1.807) is 43.5 Å². The van der Waals surface area contributed by atoms with E-state index in [2.05, 4.69) is 26.3 Å². The number of fused-ring (bicyclic) bond motifs is 1. The van der Waals surface area contributed by atoms with Crippen LogP contribution in [0.5, 0.6) is 5.75 Å². The zero-order chi connectivity index (χ0) is 33.8. The van der Waals surface area contributed by atoms with Crippen molar-refractivity contribution in [2.45, 2.75) is 58.3 Å². The fourth-order valence-electron chi connectivity index (χ4n) is 5.06. The molecule has 0 spiro atoms. The lowest BCUT2D eigenvalue weighted by molar-refractivity contribution is -0.139. The molecule has 0 bridgehead atoms. The Morgan fingerprint density at radius 2 is 1.68 bits per heavy atom. The predicted molar refractivity (Wildman–Crippen MR) is 175 cm³/mol. The molecule has 0 fully saturated rings. The van der Waals surface area contributed by atoms with Gasteiger partial charge in [0.1, 0.15) is 24.4 Å². The molecule has 47 heavy (non-hydrogen) atoms. The highest BCUT2D eigenvalue weighted by Gasteiger charge is 2.31. The van der Waals surface area contributed by atoms with Gasteiger partial charge in [-0.25, -0.2) is 0 Å². The number of para-hydroxylation sites is 1. The van der Waals surface area contributed by atoms with Gasteiger partial charge in [-0.1, -0.05) is 62.4 Å². The molecule has 0 unspecified atom stereocenters. The molecular formula is C35H42N6O6. The molecule has 3 aromatic rings. The number of nitrogens with zero attached hydrogens (tertiary/aromatic N) is 2. The van der Waals surface area contributed by atoms with Crippen LogP contribution in [0.4, 0.5) is 0 Å². The Hall–Kier alpha value is -5.26. The molecule has 0 saturated heterocycles. The number of benzene rings is 2. The summed E-state index contributed by atoms with van der Waals surface area (Å²) in [6.45, 7) is 5.34. The van der Waals surface area contributed by atoms with Crippen molar-refractivity contribution in [1.82, 2.24) is 31.2 Å². The lowest BCUT2D eigenvalue weighted by Crippen LogP contribution is -2.54. The summed E-state index contributed by atoms with van der Waals surface area (Å²) in [5.41, 5.74) is 1.69. The molecule has 1 aliphatic rings. The van der Waals surface area contributed by atoms with E-state index < -0.39 is 54.1 Å². The third kappa shape index (κ3) is 10.4. The monoisotopic (exact) mass is 642 g/mol. The SMILES string of the molecule is CC(C)[C@H]1NC(=O)CN(Cc2ccccc2)C(=O)C[C@@H](C(=O)NCCc2ccccn2)NC(=O)c2ccccc2OC[C@H](C)NC1=O. The molecule has 0 aliphatic carbocycles. The fraction of sp³-hybridized carbons (Fsp3) is 0.371. The summed E-state index contributed by atoms with van der Waals surface area (Å²) in [4.78, 5) is 73.2. The summed E-state index contributed by atoms with van der Waals surface area (Å²) in [6, 6.07) is 18.5. The van der Waals surface area contributed by atoms with Crippen LogP contribution in [0.15, 0.2) is 79.0 Å². The molecule has 2 aromatic carbocycles.